The number of aromatic hydroxyl groups is 1. The number of benzene rings is 1. The highest BCUT2D eigenvalue weighted by atomic mass is 35.5. The van der Waals surface area contributed by atoms with Crippen LogP contribution in [0.2, 0.25) is 0 Å². The van der Waals surface area contributed by atoms with Crippen LogP contribution in [0, 0.1) is 5.82 Å². The summed E-state index contributed by atoms with van der Waals surface area (Å²) in [7, 11) is 0. The van der Waals surface area contributed by atoms with Crippen LogP contribution >= 0.6 is 12.4 Å². The lowest BCUT2D eigenvalue weighted by Gasteiger charge is -2.11. The first-order valence-electron chi connectivity index (χ1n) is 4.50. The van der Waals surface area contributed by atoms with Crippen molar-refractivity contribution >= 4 is 12.4 Å². The molecule has 15 heavy (non-hydrogen) atoms. The summed E-state index contributed by atoms with van der Waals surface area (Å²) in [6.45, 7) is 0.0776. The standard InChI is InChI=1S/C10H14FNO2.ClH/c11-8-6-7(3-4-10(8)14)9(12)2-1-5-13;/h3-4,6,9,13-14H,1-2,5,12H2;1H/t9-;/m1./s1. The van der Waals surface area contributed by atoms with Gasteiger partial charge in [-0.1, -0.05) is 6.07 Å². The Kier molecular flexibility index (Phi) is 6.24. The zero-order valence-corrected chi connectivity index (χ0v) is 9.01. The van der Waals surface area contributed by atoms with E-state index >= 15 is 0 Å². The first kappa shape index (κ1) is 14.2. The largest absolute Gasteiger partial charge is 0.505 e. The van der Waals surface area contributed by atoms with Crippen LogP contribution in [0.25, 0.3) is 0 Å². The van der Waals surface area contributed by atoms with E-state index in [9.17, 15) is 4.39 Å². The van der Waals surface area contributed by atoms with Gasteiger partial charge in [-0.2, -0.15) is 0 Å². The summed E-state index contributed by atoms with van der Waals surface area (Å²) in [6.07, 6.45) is 1.18. The molecule has 1 aromatic carbocycles. The third-order valence-corrected chi connectivity index (χ3v) is 2.07. The number of phenolic OH excluding ortho intramolecular Hbond substituents is 1. The van der Waals surface area contributed by atoms with Crippen LogP contribution in [-0.2, 0) is 0 Å². The summed E-state index contributed by atoms with van der Waals surface area (Å²) in [5.74, 6) is -1.04. The number of aliphatic hydroxyl groups is 1. The number of halogens is 2. The molecule has 0 radical (unpaired) electrons. The fourth-order valence-electron chi connectivity index (χ4n) is 1.23. The zero-order valence-electron chi connectivity index (χ0n) is 8.19. The average molecular weight is 236 g/mol. The molecule has 3 nitrogen and oxygen atoms in total. The molecule has 4 N–H and O–H groups in total. The van der Waals surface area contributed by atoms with Crippen molar-refractivity contribution in [1.29, 1.82) is 0 Å². The van der Waals surface area contributed by atoms with Gasteiger partial charge >= 0.3 is 0 Å². The van der Waals surface area contributed by atoms with E-state index < -0.39 is 5.82 Å². The summed E-state index contributed by atoms with van der Waals surface area (Å²) in [6, 6.07) is 3.79. The molecule has 0 saturated heterocycles. The van der Waals surface area contributed by atoms with Crippen LogP contribution in [0.15, 0.2) is 18.2 Å². The second kappa shape index (κ2) is 6.61. The van der Waals surface area contributed by atoms with Crippen LogP contribution in [0.4, 0.5) is 4.39 Å². The van der Waals surface area contributed by atoms with Gasteiger partial charge in [0.1, 0.15) is 0 Å². The Hall–Kier alpha value is -0.840. The highest BCUT2D eigenvalue weighted by Crippen LogP contribution is 2.21. The first-order valence-corrected chi connectivity index (χ1v) is 4.50. The number of hydrogen-bond acceptors (Lipinski definition) is 3. The van der Waals surface area contributed by atoms with Crippen molar-refractivity contribution in [2.45, 2.75) is 18.9 Å². The summed E-state index contributed by atoms with van der Waals surface area (Å²) in [5.41, 5.74) is 6.37. The molecule has 1 aromatic rings. The minimum absolute atomic E-state index is 0. The lowest BCUT2D eigenvalue weighted by molar-refractivity contribution is 0.280. The summed E-state index contributed by atoms with van der Waals surface area (Å²) in [4.78, 5) is 0. The van der Waals surface area contributed by atoms with Crippen molar-refractivity contribution in [2.75, 3.05) is 6.61 Å². The summed E-state index contributed by atoms with van der Waals surface area (Å²) >= 11 is 0. The van der Waals surface area contributed by atoms with Crippen molar-refractivity contribution < 1.29 is 14.6 Å². The van der Waals surface area contributed by atoms with E-state index in [1.165, 1.54) is 12.1 Å². The number of hydrogen-bond donors (Lipinski definition) is 3. The maximum Gasteiger partial charge on any atom is 0.165 e. The molecule has 0 aliphatic carbocycles. The summed E-state index contributed by atoms with van der Waals surface area (Å²) in [5, 5.41) is 17.5. The molecule has 86 valence electrons. The van der Waals surface area contributed by atoms with Crippen molar-refractivity contribution in [3.05, 3.63) is 29.6 Å². The third-order valence-electron chi connectivity index (χ3n) is 2.07. The molecule has 0 saturated carbocycles. The highest BCUT2D eigenvalue weighted by molar-refractivity contribution is 5.85. The van der Waals surface area contributed by atoms with Gasteiger partial charge in [0.2, 0.25) is 0 Å². The van der Waals surface area contributed by atoms with Gasteiger partial charge in [-0.05, 0) is 30.5 Å². The third kappa shape index (κ3) is 4.03. The molecule has 1 atom stereocenters. The van der Waals surface area contributed by atoms with Gasteiger partial charge in [0.25, 0.3) is 0 Å². The predicted molar refractivity (Wildman–Crippen MR) is 58.6 cm³/mol. The first-order chi connectivity index (χ1) is 6.65. The zero-order chi connectivity index (χ0) is 10.6. The number of nitrogens with two attached hydrogens (primary N) is 1. The van der Waals surface area contributed by atoms with Crippen LogP contribution < -0.4 is 5.73 Å². The van der Waals surface area contributed by atoms with Crippen molar-refractivity contribution in [1.82, 2.24) is 0 Å². The van der Waals surface area contributed by atoms with Gasteiger partial charge in [0.05, 0.1) is 0 Å². The van der Waals surface area contributed by atoms with E-state index in [0.29, 0.717) is 18.4 Å². The molecule has 0 amide bonds. The number of rotatable bonds is 4. The normalized spacial score (nSPS) is 11.9. The quantitative estimate of drug-likeness (QED) is 0.745. The smallest absolute Gasteiger partial charge is 0.165 e. The molecule has 0 bridgehead atoms. The molecule has 0 heterocycles. The Labute approximate surface area is 94.1 Å². The molecular weight excluding hydrogens is 221 g/mol. The average Bonchev–Trinajstić information content (AvgIpc) is 2.18. The summed E-state index contributed by atoms with van der Waals surface area (Å²) < 4.78 is 12.9. The van der Waals surface area contributed by atoms with E-state index in [1.54, 1.807) is 6.07 Å². The van der Waals surface area contributed by atoms with Crippen LogP contribution in [0.3, 0.4) is 0 Å². The van der Waals surface area contributed by atoms with Gasteiger partial charge < -0.3 is 15.9 Å². The van der Waals surface area contributed by atoms with E-state index in [1.807, 2.05) is 0 Å². The molecule has 1 rings (SSSR count). The van der Waals surface area contributed by atoms with Crippen molar-refractivity contribution in [3.63, 3.8) is 0 Å². The van der Waals surface area contributed by atoms with E-state index in [4.69, 9.17) is 15.9 Å². The fourth-order valence-corrected chi connectivity index (χ4v) is 1.23. The Morgan fingerprint density at radius 1 is 1.40 bits per heavy atom. The Morgan fingerprint density at radius 3 is 2.60 bits per heavy atom. The number of phenols is 1. The van der Waals surface area contributed by atoms with Gasteiger partial charge in [-0.3, -0.25) is 0 Å². The molecule has 0 fully saturated rings. The molecule has 0 aromatic heterocycles. The Balaban J connectivity index is 0.00000196. The van der Waals surface area contributed by atoms with Crippen LogP contribution in [0.1, 0.15) is 24.4 Å². The van der Waals surface area contributed by atoms with Gasteiger partial charge in [-0.25, -0.2) is 4.39 Å². The van der Waals surface area contributed by atoms with Gasteiger partial charge in [0, 0.05) is 12.6 Å². The highest BCUT2D eigenvalue weighted by Gasteiger charge is 2.08. The Bertz CT molecular complexity index is 309. The minimum Gasteiger partial charge on any atom is -0.505 e. The van der Waals surface area contributed by atoms with Gasteiger partial charge in [0.15, 0.2) is 11.6 Å². The second-order valence-electron chi connectivity index (χ2n) is 3.18. The predicted octanol–water partition coefficient (Wildman–Crippen LogP) is 1.73. The van der Waals surface area contributed by atoms with E-state index in [-0.39, 0.29) is 30.8 Å². The molecule has 0 unspecified atom stereocenters. The monoisotopic (exact) mass is 235 g/mol. The topological polar surface area (TPSA) is 66.5 Å². The lowest BCUT2D eigenvalue weighted by atomic mass is 10.0. The molecule has 0 aliphatic rings. The fraction of sp³-hybridized carbons (Fsp3) is 0.400. The minimum atomic E-state index is -0.665. The Morgan fingerprint density at radius 2 is 2.07 bits per heavy atom. The maximum absolute atomic E-state index is 12.9. The molecule has 0 aliphatic heterocycles. The van der Waals surface area contributed by atoms with Gasteiger partial charge in [-0.15, -0.1) is 12.4 Å². The van der Waals surface area contributed by atoms with E-state index in [2.05, 4.69) is 0 Å². The SMILES string of the molecule is Cl.N[C@H](CCCO)c1ccc(O)c(F)c1. The number of aliphatic hydroxyl groups excluding tert-OH is 1. The van der Waals surface area contributed by atoms with Crippen molar-refractivity contribution in [2.24, 2.45) is 5.73 Å². The molecular formula is C10H15ClFNO2. The maximum atomic E-state index is 12.9. The van der Waals surface area contributed by atoms with Crippen LogP contribution in [-0.4, -0.2) is 16.8 Å². The lowest BCUT2D eigenvalue weighted by Crippen LogP contribution is -2.10. The second-order valence-corrected chi connectivity index (χ2v) is 3.18. The van der Waals surface area contributed by atoms with Crippen molar-refractivity contribution in [3.8, 4) is 5.75 Å². The van der Waals surface area contributed by atoms with E-state index in [0.717, 1.165) is 0 Å². The molecule has 5 heteroatoms. The molecule has 0 spiro atoms. The van der Waals surface area contributed by atoms with Crippen LogP contribution in [0.5, 0.6) is 5.75 Å².